The largest absolute Gasteiger partial charge is 0.305 e. The number of hydrogen-bond acceptors (Lipinski definition) is 2. The van der Waals surface area contributed by atoms with Gasteiger partial charge in [0.2, 0.25) is 0 Å². The second-order valence-electron chi connectivity index (χ2n) is 5.89. The fourth-order valence-electron chi connectivity index (χ4n) is 2.52. The number of hydrogen-bond donors (Lipinski definition) is 1. The maximum Gasteiger partial charge on any atom is 0.256 e. The second kappa shape index (κ2) is 7.07. The van der Waals surface area contributed by atoms with Gasteiger partial charge in [-0.1, -0.05) is 35.4 Å². The molecule has 1 heterocycles. The van der Waals surface area contributed by atoms with Crippen molar-refractivity contribution < 1.29 is 9.18 Å². The molecule has 3 rings (SSSR count). The quantitative estimate of drug-likeness (QED) is 0.742. The molecule has 0 atom stereocenters. The number of anilines is 1. The van der Waals surface area contributed by atoms with Crippen molar-refractivity contribution >= 4 is 23.3 Å². The lowest BCUT2D eigenvalue weighted by atomic mass is 10.1. The molecule has 0 radical (unpaired) electrons. The van der Waals surface area contributed by atoms with E-state index in [0.29, 0.717) is 22.9 Å². The summed E-state index contributed by atoms with van der Waals surface area (Å²) in [7, 11) is 0. The minimum atomic E-state index is -0.378. The Hall–Kier alpha value is -2.66. The summed E-state index contributed by atoms with van der Waals surface area (Å²) in [5, 5.41) is 7.53. The van der Waals surface area contributed by atoms with Crippen LogP contribution in [0.4, 0.5) is 10.2 Å². The summed E-state index contributed by atoms with van der Waals surface area (Å²) >= 11 is 6.07. The van der Waals surface area contributed by atoms with Crippen LogP contribution in [-0.4, -0.2) is 15.7 Å². The molecule has 0 aliphatic heterocycles. The fraction of sp³-hybridized carbons (Fsp3) is 0.158. The lowest BCUT2D eigenvalue weighted by molar-refractivity contribution is 0.102. The van der Waals surface area contributed by atoms with Gasteiger partial charge in [-0.3, -0.25) is 9.48 Å². The van der Waals surface area contributed by atoms with Crippen LogP contribution in [0, 0.1) is 19.7 Å². The number of carbonyl (C=O) groups is 1. The van der Waals surface area contributed by atoms with Gasteiger partial charge in [-0.25, -0.2) is 4.39 Å². The van der Waals surface area contributed by atoms with Crippen molar-refractivity contribution in [2.75, 3.05) is 5.32 Å². The van der Waals surface area contributed by atoms with Crippen LogP contribution >= 0.6 is 11.6 Å². The van der Waals surface area contributed by atoms with Crippen LogP contribution in [0.1, 0.15) is 27.2 Å². The summed E-state index contributed by atoms with van der Waals surface area (Å²) in [5.41, 5.74) is 3.21. The normalized spacial score (nSPS) is 10.7. The number of nitrogens with one attached hydrogen (secondary N) is 1. The van der Waals surface area contributed by atoms with E-state index < -0.39 is 0 Å². The number of nitrogens with zero attached hydrogens (tertiary/aromatic N) is 2. The molecule has 25 heavy (non-hydrogen) atoms. The Labute approximate surface area is 150 Å². The van der Waals surface area contributed by atoms with Gasteiger partial charge in [-0.2, -0.15) is 5.10 Å². The summed E-state index contributed by atoms with van der Waals surface area (Å²) in [5.74, 6) is -0.132. The predicted molar refractivity (Wildman–Crippen MR) is 96.6 cm³/mol. The highest BCUT2D eigenvalue weighted by Gasteiger charge is 2.11. The van der Waals surface area contributed by atoms with Gasteiger partial charge in [0, 0.05) is 22.3 Å². The number of benzene rings is 2. The van der Waals surface area contributed by atoms with Crippen LogP contribution in [0.25, 0.3) is 0 Å². The number of rotatable bonds is 4. The van der Waals surface area contributed by atoms with Crippen LogP contribution in [-0.2, 0) is 6.54 Å². The van der Waals surface area contributed by atoms with Crippen molar-refractivity contribution in [2.24, 2.45) is 0 Å². The Morgan fingerprint density at radius 3 is 2.72 bits per heavy atom. The summed E-state index contributed by atoms with van der Waals surface area (Å²) < 4.78 is 14.9. The molecule has 2 aromatic carbocycles. The van der Waals surface area contributed by atoms with Gasteiger partial charge in [-0.15, -0.1) is 0 Å². The highest BCUT2D eigenvalue weighted by Crippen LogP contribution is 2.20. The Balaban J connectivity index is 1.77. The molecule has 3 aromatic rings. The van der Waals surface area contributed by atoms with E-state index in [0.717, 1.165) is 16.8 Å². The zero-order chi connectivity index (χ0) is 18.0. The zero-order valence-corrected chi connectivity index (χ0v) is 14.6. The monoisotopic (exact) mass is 357 g/mol. The molecule has 1 N–H and O–H groups in total. The molecule has 0 spiro atoms. The van der Waals surface area contributed by atoms with Gasteiger partial charge < -0.3 is 5.32 Å². The molecule has 6 heteroatoms. The van der Waals surface area contributed by atoms with Crippen LogP contribution in [0.2, 0.25) is 5.02 Å². The van der Waals surface area contributed by atoms with Crippen molar-refractivity contribution in [3.8, 4) is 0 Å². The minimum Gasteiger partial charge on any atom is -0.305 e. The van der Waals surface area contributed by atoms with Gasteiger partial charge in [0.1, 0.15) is 5.82 Å². The molecular weight excluding hydrogens is 341 g/mol. The summed E-state index contributed by atoms with van der Waals surface area (Å²) in [6, 6.07) is 13.4. The number of carbonyl (C=O) groups excluding carboxylic acids is 1. The third kappa shape index (κ3) is 4.06. The molecular formula is C19H17ClFN3O. The first-order chi connectivity index (χ1) is 11.9. The van der Waals surface area contributed by atoms with Crippen LogP contribution in [0.3, 0.4) is 0 Å². The Bertz CT molecular complexity index is 936. The molecule has 1 aromatic heterocycles. The Morgan fingerprint density at radius 2 is 2.00 bits per heavy atom. The van der Waals surface area contributed by atoms with E-state index in [4.69, 9.17) is 11.6 Å². The first-order valence-electron chi connectivity index (χ1n) is 7.79. The molecule has 128 valence electrons. The first-order valence-corrected chi connectivity index (χ1v) is 8.16. The van der Waals surface area contributed by atoms with Gasteiger partial charge >= 0.3 is 0 Å². The molecule has 0 saturated heterocycles. The SMILES string of the molecule is Cc1cccc(C(=O)Nc2cc(C)n(Cc3ccc(F)cc3Cl)n2)c1. The van der Waals surface area contributed by atoms with E-state index in [1.165, 1.54) is 12.1 Å². The molecule has 0 unspecified atom stereocenters. The van der Waals surface area contributed by atoms with E-state index in [-0.39, 0.29) is 11.7 Å². The Kier molecular flexibility index (Phi) is 4.86. The summed E-state index contributed by atoms with van der Waals surface area (Å²) in [6.45, 7) is 4.21. The van der Waals surface area contributed by atoms with Crippen molar-refractivity contribution in [1.29, 1.82) is 0 Å². The number of halogens is 2. The second-order valence-corrected chi connectivity index (χ2v) is 6.30. The van der Waals surface area contributed by atoms with Gasteiger partial charge in [-0.05, 0) is 43.7 Å². The van der Waals surface area contributed by atoms with Crippen molar-refractivity contribution in [3.05, 3.63) is 81.8 Å². The van der Waals surface area contributed by atoms with E-state index in [2.05, 4.69) is 10.4 Å². The maximum atomic E-state index is 13.1. The standard InChI is InChI=1S/C19H17ClFN3O/c1-12-4-3-5-14(8-12)19(25)22-18-9-13(2)24(23-18)11-15-6-7-16(21)10-17(15)20/h3-10H,11H2,1-2H3,(H,22,23,25). The number of amides is 1. The zero-order valence-electron chi connectivity index (χ0n) is 13.9. The summed E-state index contributed by atoms with van der Waals surface area (Å²) in [6.07, 6.45) is 0. The topological polar surface area (TPSA) is 46.9 Å². The molecule has 0 aliphatic carbocycles. The van der Waals surface area contributed by atoms with Crippen molar-refractivity contribution in [3.63, 3.8) is 0 Å². The fourth-order valence-corrected chi connectivity index (χ4v) is 2.74. The van der Waals surface area contributed by atoms with E-state index >= 15 is 0 Å². The first kappa shape index (κ1) is 17.2. The maximum absolute atomic E-state index is 13.1. The lowest BCUT2D eigenvalue weighted by Crippen LogP contribution is -2.13. The van der Waals surface area contributed by atoms with E-state index in [9.17, 15) is 9.18 Å². The Morgan fingerprint density at radius 1 is 1.20 bits per heavy atom. The predicted octanol–water partition coefficient (Wildman–Crippen LogP) is 4.59. The van der Waals surface area contributed by atoms with Crippen LogP contribution in [0.15, 0.2) is 48.5 Å². The number of aryl methyl sites for hydroxylation is 2. The minimum absolute atomic E-state index is 0.215. The lowest BCUT2D eigenvalue weighted by Gasteiger charge is -2.07. The number of aromatic nitrogens is 2. The molecule has 0 aliphatic rings. The molecule has 0 fully saturated rings. The van der Waals surface area contributed by atoms with Gasteiger partial charge in [0.15, 0.2) is 5.82 Å². The van der Waals surface area contributed by atoms with Crippen LogP contribution in [0.5, 0.6) is 0 Å². The van der Waals surface area contributed by atoms with Gasteiger partial charge in [0.05, 0.1) is 6.54 Å². The third-order valence-electron chi connectivity index (χ3n) is 3.84. The van der Waals surface area contributed by atoms with E-state index in [1.54, 1.807) is 22.9 Å². The smallest absolute Gasteiger partial charge is 0.256 e. The van der Waals surface area contributed by atoms with E-state index in [1.807, 2.05) is 32.0 Å². The molecule has 0 saturated carbocycles. The van der Waals surface area contributed by atoms with Crippen molar-refractivity contribution in [1.82, 2.24) is 9.78 Å². The van der Waals surface area contributed by atoms with Crippen molar-refractivity contribution in [2.45, 2.75) is 20.4 Å². The average molecular weight is 358 g/mol. The third-order valence-corrected chi connectivity index (χ3v) is 4.19. The molecule has 4 nitrogen and oxygen atoms in total. The molecule has 1 amide bonds. The highest BCUT2D eigenvalue weighted by atomic mass is 35.5. The van der Waals surface area contributed by atoms with Gasteiger partial charge in [0.25, 0.3) is 5.91 Å². The molecule has 0 bridgehead atoms. The van der Waals surface area contributed by atoms with Crippen LogP contribution < -0.4 is 5.32 Å². The highest BCUT2D eigenvalue weighted by molar-refractivity contribution is 6.31. The summed E-state index contributed by atoms with van der Waals surface area (Å²) in [4.78, 5) is 12.3. The average Bonchev–Trinajstić information content (AvgIpc) is 2.89.